The largest absolute Gasteiger partial charge is 0.309 e. The Morgan fingerprint density at radius 3 is 2.69 bits per heavy atom. The molecule has 1 aliphatic carbocycles. The van der Waals surface area contributed by atoms with Crippen LogP contribution in [0.15, 0.2) is 4.79 Å². The third-order valence-corrected chi connectivity index (χ3v) is 4.12. The molecule has 1 aromatic heterocycles. The first kappa shape index (κ1) is 12.1. The summed E-state index contributed by atoms with van der Waals surface area (Å²) < 4.78 is 0.753. The van der Waals surface area contributed by atoms with Gasteiger partial charge in [0.2, 0.25) is 0 Å². The number of rotatable bonds is 3. The van der Waals surface area contributed by atoms with E-state index in [1.165, 1.54) is 0 Å². The van der Waals surface area contributed by atoms with Gasteiger partial charge in [0.05, 0.1) is 9.26 Å². The van der Waals surface area contributed by atoms with Crippen LogP contribution in [0.2, 0.25) is 0 Å². The molecule has 4 heteroatoms. The molecular weight excluding hydrogens is 315 g/mol. The molecule has 0 aliphatic heterocycles. The van der Waals surface area contributed by atoms with E-state index in [2.05, 4.69) is 53.3 Å². The summed E-state index contributed by atoms with van der Waals surface area (Å²) in [6.45, 7) is 6.50. The molecule has 1 saturated carbocycles. The van der Waals surface area contributed by atoms with Crippen LogP contribution in [0.5, 0.6) is 0 Å². The Bertz CT molecular complexity index is 453. The third kappa shape index (κ3) is 2.47. The molecule has 0 aromatic carbocycles. The van der Waals surface area contributed by atoms with Gasteiger partial charge in [-0.15, -0.1) is 0 Å². The molecule has 88 valence electrons. The minimum absolute atomic E-state index is 0.0281. The lowest BCUT2D eigenvalue weighted by Crippen LogP contribution is -2.19. The lowest BCUT2D eigenvalue weighted by Gasteiger charge is -2.08. The van der Waals surface area contributed by atoms with Crippen LogP contribution in [0.1, 0.15) is 44.6 Å². The van der Waals surface area contributed by atoms with Gasteiger partial charge in [0.1, 0.15) is 5.82 Å². The second-order valence-corrected chi connectivity index (χ2v) is 6.21. The standard InChI is InChI=1S/C12H17IN2O/c1-6(2)4-9-10(13)12(16)15-11(14-9)8-5-7(8)3/h6-8H,4-5H2,1-3H3,(H,14,15,16). The molecule has 0 saturated heterocycles. The SMILES string of the molecule is CC(C)Cc1nc(C2CC2C)[nH]c(=O)c1I. The van der Waals surface area contributed by atoms with Crippen molar-refractivity contribution in [2.75, 3.05) is 0 Å². The molecule has 1 aromatic rings. The van der Waals surface area contributed by atoms with Crippen molar-refractivity contribution in [2.24, 2.45) is 11.8 Å². The molecule has 0 amide bonds. The fourth-order valence-electron chi connectivity index (χ4n) is 1.93. The van der Waals surface area contributed by atoms with Crippen LogP contribution in [0.4, 0.5) is 0 Å². The molecule has 0 spiro atoms. The predicted molar refractivity (Wildman–Crippen MR) is 72.6 cm³/mol. The van der Waals surface area contributed by atoms with Crippen molar-refractivity contribution in [1.82, 2.24) is 9.97 Å². The van der Waals surface area contributed by atoms with Gasteiger partial charge in [0.25, 0.3) is 5.56 Å². The Morgan fingerprint density at radius 1 is 1.56 bits per heavy atom. The van der Waals surface area contributed by atoms with Crippen molar-refractivity contribution >= 4 is 22.6 Å². The Kier molecular flexibility index (Phi) is 3.37. The Balaban J connectivity index is 2.35. The average Bonchev–Trinajstić information content (AvgIpc) is 2.89. The molecule has 1 N–H and O–H groups in total. The summed E-state index contributed by atoms with van der Waals surface area (Å²) in [5.41, 5.74) is 0.994. The Morgan fingerprint density at radius 2 is 2.19 bits per heavy atom. The van der Waals surface area contributed by atoms with E-state index in [1.54, 1.807) is 0 Å². The van der Waals surface area contributed by atoms with E-state index in [0.717, 1.165) is 27.9 Å². The minimum atomic E-state index is 0.0281. The molecule has 1 aliphatic rings. The highest BCUT2D eigenvalue weighted by Gasteiger charge is 2.36. The van der Waals surface area contributed by atoms with Gasteiger partial charge in [0.15, 0.2) is 0 Å². The van der Waals surface area contributed by atoms with E-state index in [-0.39, 0.29) is 5.56 Å². The summed E-state index contributed by atoms with van der Waals surface area (Å²) in [5, 5.41) is 0. The van der Waals surface area contributed by atoms with Crippen molar-refractivity contribution in [2.45, 2.75) is 39.5 Å². The summed E-state index contributed by atoms with van der Waals surface area (Å²) in [7, 11) is 0. The minimum Gasteiger partial charge on any atom is -0.309 e. The van der Waals surface area contributed by atoms with E-state index in [9.17, 15) is 4.79 Å². The molecule has 2 unspecified atom stereocenters. The van der Waals surface area contributed by atoms with Crippen molar-refractivity contribution in [1.29, 1.82) is 0 Å². The van der Waals surface area contributed by atoms with Crippen LogP contribution in [0.3, 0.4) is 0 Å². The Hall–Kier alpha value is -0.390. The topological polar surface area (TPSA) is 45.8 Å². The first-order chi connectivity index (χ1) is 7.49. The smallest absolute Gasteiger partial charge is 0.264 e. The maximum absolute atomic E-state index is 11.8. The van der Waals surface area contributed by atoms with Crippen molar-refractivity contribution in [3.63, 3.8) is 0 Å². The number of halogens is 1. The van der Waals surface area contributed by atoms with Crippen LogP contribution in [0, 0.1) is 15.4 Å². The van der Waals surface area contributed by atoms with Gasteiger partial charge in [-0.1, -0.05) is 20.8 Å². The summed E-state index contributed by atoms with van der Waals surface area (Å²) in [6.07, 6.45) is 2.04. The molecule has 0 bridgehead atoms. The summed E-state index contributed by atoms with van der Waals surface area (Å²) in [4.78, 5) is 19.3. The van der Waals surface area contributed by atoms with E-state index in [1.807, 2.05) is 0 Å². The number of H-pyrrole nitrogens is 1. The number of aromatic nitrogens is 2. The second kappa shape index (κ2) is 4.47. The number of aromatic amines is 1. The van der Waals surface area contributed by atoms with Crippen LogP contribution in [0.25, 0.3) is 0 Å². The van der Waals surface area contributed by atoms with Gasteiger partial charge in [-0.2, -0.15) is 0 Å². The number of hydrogen-bond donors (Lipinski definition) is 1. The second-order valence-electron chi connectivity index (χ2n) is 5.13. The first-order valence-corrected chi connectivity index (χ1v) is 6.85. The Labute approximate surface area is 109 Å². The van der Waals surface area contributed by atoms with E-state index in [0.29, 0.717) is 17.8 Å². The maximum atomic E-state index is 11.8. The van der Waals surface area contributed by atoms with Crippen molar-refractivity contribution in [3.8, 4) is 0 Å². The highest BCUT2D eigenvalue weighted by Crippen LogP contribution is 2.45. The maximum Gasteiger partial charge on any atom is 0.264 e. The highest BCUT2D eigenvalue weighted by atomic mass is 127. The van der Waals surface area contributed by atoms with Crippen LogP contribution in [-0.4, -0.2) is 9.97 Å². The summed E-state index contributed by atoms with van der Waals surface area (Å²) in [6, 6.07) is 0. The molecule has 0 radical (unpaired) electrons. The quantitative estimate of drug-likeness (QED) is 0.865. The fraction of sp³-hybridized carbons (Fsp3) is 0.667. The summed E-state index contributed by atoms with van der Waals surface area (Å²) >= 11 is 2.10. The zero-order chi connectivity index (χ0) is 11.9. The lowest BCUT2D eigenvalue weighted by molar-refractivity contribution is 0.624. The average molecular weight is 332 g/mol. The summed E-state index contributed by atoms with van der Waals surface area (Å²) in [5.74, 6) is 2.59. The molecule has 2 atom stereocenters. The predicted octanol–water partition coefficient (Wildman–Crippen LogP) is 2.70. The molecule has 16 heavy (non-hydrogen) atoms. The molecule has 2 rings (SSSR count). The molecular formula is C12H17IN2O. The highest BCUT2D eigenvalue weighted by molar-refractivity contribution is 14.1. The number of nitrogens with one attached hydrogen (secondary N) is 1. The third-order valence-electron chi connectivity index (χ3n) is 3.01. The fourth-order valence-corrected chi connectivity index (χ4v) is 2.40. The number of nitrogens with zero attached hydrogens (tertiary/aromatic N) is 1. The van der Waals surface area contributed by atoms with Gasteiger partial charge >= 0.3 is 0 Å². The van der Waals surface area contributed by atoms with Gasteiger partial charge in [-0.3, -0.25) is 4.79 Å². The molecule has 1 heterocycles. The van der Waals surface area contributed by atoms with E-state index >= 15 is 0 Å². The van der Waals surface area contributed by atoms with Crippen molar-refractivity contribution in [3.05, 3.63) is 25.4 Å². The van der Waals surface area contributed by atoms with Crippen LogP contribution in [-0.2, 0) is 6.42 Å². The monoisotopic (exact) mass is 332 g/mol. The zero-order valence-corrected chi connectivity index (χ0v) is 12.0. The van der Waals surface area contributed by atoms with Gasteiger partial charge in [0, 0.05) is 5.92 Å². The molecule has 1 fully saturated rings. The van der Waals surface area contributed by atoms with E-state index in [4.69, 9.17) is 0 Å². The van der Waals surface area contributed by atoms with Gasteiger partial charge < -0.3 is 4.98 Å². The van der Waals surface area contributed by atoms with E-state index < -0.39 is 0 Å². The van der Waals surface area contributed by atoms with Gasteiger partial charge in [-0.25, -0.2) is 4.98 Å². The van der Waals surface area contributed by atoms with Crippen molar-refractivity contribution < 1.29 is 0 Å². The van der Waals surface area contributed by atoms with Crippen LogP contribution < -0.4 is 5.56 Å². The molecule has 3 nitrogen and oxygen atoms in total. The normalized spacial score (nSPS) is 23.8. The van der Waals surface area contributed by atoms with Gasteiger partial charge in [-0.05, 0) is 47.3 Å². The lowest BCUT2D eigenvalue weighted by atomic mass is 10.1. The first-order valence-electron chi connectivity index (χ1n) is 5.77. The van der Waals surface area contributed by atoms with Crippen LogP contribution >= 0.6 is 22.6 Å². The zero-order valence-electron chi connectivity index (χ0n) is 9.88. The number of hydrogen-bond acceptors (Lipinski definition) is 2.